The zero-order valence-corrected chi connectivity index (χ0v) is 14.7. The molecule has 128 valence electrons. The fraction of sp³-hybridized carbons (Fsp3) is 0.684. The van der Waals surface area contributed by atoms with Crippen molar-refractivity contribution in [2.24, 2.45) is 0 Å². The van der Waals surface area contributed by atoms with E-state index in [2.05, 4.69) is 47.9 Å². The van der Waals surface area contributed by atoms with Gasteiger partial charge in [-0.05, 0) is 57.5 Å². The van der Waals surface area contributed by atoms with Gasteiger partial charge in [-0.1, -0.05) is 12.1 Å². The Morgan fingerprint density at radius 3 is 2.22 bits per heavy atom. The molecule has 2 aliphatic rings. The molecule has 1 aromatic carbocycles. The quantitative estimate of drug-likeness (QED) is 0.852. The summed E-state index contributed by atoms with van der Waals surface area (Å²) >= 11 is 0. The molecular formula is C19H30N2O2. The van der Waals surface area contributed by atoms with Gasteiger partial charge in [-0.3, -0.25) is 9.80 Å². The fourth-order valence-corrected chi connectivity index (χ4v) is 3.95. The second kappa shape index (κ2) is 7.65. The van der Waals surface area contributed by atoms with Crippen molar-refractivity contribution < 1.29 is 9.47 Å². The molecule has 0 unspecified atom stereocenters. The van der Waals surface area contributed by atoms with Crippen LogP contribution in [0.15, 0.2) is 24.3 Å². The van der Waals surface area contributed by atoms with E-state index in [1.165, 1.54) is 31.5 Å². The Kier molecular flexibility index (Phi) is 5.57. The van der Waals surface area contributed by atoms with Crippen molar-refractivity contribution in [1.82, 2.24) is 9.80 Å². The molecule has 2 saturated heterocycles. The van der Waals surface area contributed by atoms with E-state index < -0.39 is 0 Å². The predicted octanol–water partition coefficient (Wildman–Crippen LogP) is 2.77. The number of hydrogen-bond donors (Lipinski definition) is 0. The first-order valence-electron chi connectivity index (χ1n) is 8.89. The highest BCUT2D eigenvalue weighted by Gasteiger charge is 2.30. The average molecular weight is 318 g/mol. The lowest BCUT2D eigenvalue weighted by molar-refractivity contribution is -0.0865. The molecule has 4 heteroatoms. The van der Waals surface area contributed by atoms with Crippen molar-refractivity contribution >= 4 is 0 Å². The molecule has 2 fully saturated rings. The minimum Gasteiger partial charge on any atom is -0.497 e. The lowest BCUT2D eigenvalue weighted by Gasteiger charge is -2.43. The van der Waals surface area contributed by atoms with Crippen LogP contribution in [-0.4, -0.2) is 61.3 Å². The highest BCUT2D eigenvalue weighted by molar-refractivity contribution is 5.27. The highest BCUT2D eigenvalue weighted by atomic mass is 16.5. The van der Waals surface area contributed by atoms with E-state index in [0.717, 1.165) is 31.4 Å². The average Bonchev–Trinajstić information content (AvgIpc) is 2.55. The summed E-state index contributed by atoms with van der Waals surface area (Å²) < 4.78 is 11.1. The van der Waals surface area contributed by atoms with Crippen LogP contribution < -0.4 is 4.74 Å². The van der Waals surface area contributed by atoms with Crippen molar-refractivity contribution in [2.75, 3.05) is 33.3 Å². The number of hydrogen-bond acceptors (Lipinski definition) is 4. The Morgan fingerprint density at radius 2 is 1.65 bits per heavy atom. The number of piperidine rings is 1. The van der Waals surface area contributed by atoms with Crippen molar-refractivity contribution in [3.8, 4) is 5.75 Å². The number of nitrogens with zero attached hydrogens (tertiary/aromatic N) is 2. The molecule has 0 radical (unpaired) electrons. The third-order valence-electron chi connectivity index (χ3n) is 5.09. The van der Waals surface area contributed by atoms with E-state index in [4.69, 9.17) is 9.47 Å². The van der Waals surface area contributed by atoms with E-state index in [1.807, 2.05) is 0 Å². The van der Waals surface area contributed by atoms with Crippen molar-refractivity contribution in [3.05, 3.63) is 29.8 Å². The summed E-state index contributed by atoms with van der Waals surface area (Å²) in [5, 5.41) is 0. The molecule has 23 heavy (non-hydrogen) atoms. The van der Waals surface area contributed by atoms with Gasteiger partial charge < -0.3 is 9.47 Å². The Bertz CT molecular complexity index is 473. The Hall–Kier alpha value is -1.10. The van der Waals surface area contributed by atoms with Crippen molar-refractivity contribution in [1.29, 1.82) is 0 Å². The first-order chi connectivity index (χ1) is 11.1. The molecule has 2 aliphatic heterocycles. The van der Waals surface area contributed by atoms with Crippen LogP contribution in [0.3, 0.4) is 0 Å². The number of benzene rings is 1. The molecule has 0 aromatic heterocycles. The SMILES string of the molecule is COc1ccc(CN2CCC(N3C[C@@H](C)O[C@@H](C)C3)CC2)cc1. The van der Waals surface area contributed by atoms with Gasteiger partial charge in [0.25, 0.3) is 0 Å². The Labute approximate surface area is 140 Å². The second-order valence-electron chi connectivity index (χ2n) is 7.07. The molecule has 0 amide bonds. The number of morpholine rings is 1. The van der Waals surface area contributed by atoms with Gasteiger partial charge in [-0.15, -0.1) is 0 Å². The third-order valence-corrected chi connectivity index (χ3v) is 5.09. The maximum atomic E-state index is 5.86. The molecule has 0 saturated carbocycles. The van der Waals surface area contributed by atoms with Crippen LogP contribution in [0, 0.1) is 0 Å². The molecule has 2 heterocycles. The van der Waals surface area contributed by atoms with Gasteiger partial charge in [0.2, 0.25) is 0 Å². The van der Waals surface area contributed by atoms with Crippen LogP contribution in [0.2, 0.25) is 0 Å². The van der Waals surface area contributed by atoms with Crippen LogP contribution >= 0.6 is 0 Å². The molecular weight excluding hydrogens is 288 g/mol. The van der Waals surface area contributed by atoms with Crippen LogP contribution in [0.25, 0.3) is 0 Å². The smallest absolute Gasteiger partial charge is 0.118 e. The van der Waals surface area contributed by atoms with Gasteiger partial charge in [0.1, 0.15) is 5.75 Å². The number of methoxy groups -OCH3 is 1. The van der Waals surface area contributed by atoms with Gasteiger partial charge >= 0.3 is 0 Å². The summed E-state index contributed by atoms with van der Waals surface area (Å²) in [4.78, 5) is 5.23. The molecule has 0 spiro atoms. The summed E-state index contributed by atoms with van der Waals surface area (Å²) in [6.45, 7) is 10.0. The minimum atomic E-state index is 0.371. The van der Waals surface area contributed by atoms with E-state index in [9.17, 15) is 0 Å². The Morgan fingerprint density at radius 1 is 1.04 bits per heavy atom. The van der Waals surface area contributed by atoms with Gasteiger partial charge in [0.15, 0.2) is 0 Å². The second-order valence-corrected chi connectivity index (χ2v) is 7.07. The van der Waals surface area contributed by atoms with Gasteiger partial charge in [0.05, 0.1) is 19.3 Å². The van der Waals surface area contributed by atoms with Gasteiger partial charge in [0, 0.05) is 25.7 Å². The fourth-order valence-electron chi connectivity index (χ4n) is 3.95. The monoisotopic (exact) mass is 318 g/mol. The van der Waals surface area contributed by atoms with Crippen LogP contribution in [0.5, 0.6) is 5.75 Å². The van der Waals surface area contributed by atoms with E-state index in [0.29, 0.717) is 12.2 Å². The summed E-state index contributed by atoms with van der Waals surface area (Å²) in [5.41, 5.74) is 1.37. The van der Waals surface area contributed by atoms with Gasteiger partial charge in [-0.2, -0.15) is 0 Å². The summed E-state index contributed by atoms with van der Waals surface area (Å²) in [6, 6.07) is 9.19. The molecule has 4 nitrogen and oxygen atoms in total. The largest absolute Gasteiger partial charge is 0.497 e. The molecule has 2 atom stereocenters. The molecule has 0 aliphatic carbocycles. The van der Waals surface area contributed by atoms with Crippen molar-refractivity contribution in [2.45, 2.75) is 51.5 Å². The summed E-state index contributed by atoms with van der Waals surface area (Å²) in [6.07, 6.45) is 3.29. The normalized spacial score (nSPS) is 28.0. The lowest BCUT2D eigenvalue weighted by Crippen LogP contribution is -2.53. The molecule has 0 bridgehead atoms. The van der Waals surface area contributed by atoms with E-state index in [1.54, 1.807) is 7.11 Å². The molecule has 0 N–H and O–H groups in total. The van der Waals surface area contributed by atoms with Crippen LogP contribution in [0.4, 0.5) is 0 Å². The topological polar surface area (TPSA) is 24.9 Å². The third kappa shape index (κ3) is 4.46. The van der Waals surface area contributed by atoms with Gasteiger partial charge in [-0.25, -0.2) is 0 Å². The predicted molar refractivity (Wildman–Crippen MR) is 92.9 cm³/mol. The maximum Gasteiger partial charge on any atom is 0.118 e. The molecule has 3 rings (SSSR count). The zero-order valence-electron chi connectivity index (χ0n) is 14.7. The minimum absolute atomic E-state index is 0.371. The standard InChI is InChI=1S/C19H30N2O2/c1-15-12-21(13-16(2)23-15)18-8-10-20(11-9-18)14-17-4-6-19(22-3)7-5-17/h4-7,15-16,18H,8-14H2,1-3H3/t15-,16+. The summed E-state index contributed by atoms with van der Waals surface area (Å²) in [5.74, 6) is 0.933. The van der Waals surface area contributed by atoms with Crippen LogP contribution in [0.1, 0.15) is 32.3 Å². The number of likely N-dealkylation sites (tertiary alicyclic amines) is 1. The first-order valence-corrected chi connectivity index (χ1v) is 8.89. The van der Waals surface area contributed by atoms with E-state index in [-0.39, 0.29) is 0 Å². The Balaban J connectivity index is 1.48. The first kappa shape index (κ1) is 16.7. The maximum absolute atomic E-state index is 5.86. The number of ether oxygens (including phenoxy) is 2. The van der Waals surface area contributed by atoms with E-state index >= 15 is 0 Å². The van der Waals surface area contributed by atoms with Crippen LogP contribution in [-0.2, 0) is 11.3 Å². The summed E-state index contributed by atoms with van der Waals surface area (Å²) in [7, 11) is 1.72. The highest BCUT2D eigenvalue weighted by Crippen LogP contribution is 2.22. The number of rotatable bonds is 4. The molecule has 1 aromatic rings. The lowest BCUT2D eigenvalue weighted by atomic mass is 10.0. The van der Waals surface area contributed by atoms with Crippen molar-refractivity contribution in [3.63, 3.8) is 0 Å². The zero-order chi connectivity index (χ0) is 16.2.